The first-order chi connectivity index (χ1) is 14.4. The normalized spacial score (nSPS) is 23.8. The highest BCUT2D eigenvalue weighted by molar-refractivity contribution is 5.73. The fourth-order valence-corrected chi connectivity index (χ4v) is 4.24. The highest BCUT2D eigenvalue weighted by atomic mass is 19.2. The highest BCUT2D eigenvalue weighted by Crippen LogP contribution is 2.67. The van der Waals surface area contributed by atoms with E-state index in [1.54, 1.807) is 18.2 Å². The van der Waals surface area contributed by atoms with Gasteiger partial charge in [0.05, 0.1) is 0 Å². The number of benzene rings is 3. The van der Waals surface area contributed by atoms with E-state index in [0.29, 0.717) is 5.56 Å². The third-order valence-electron chi connectivity index (χ3n) is 5.87. The molecule has 30 heavy (non-hydrogen) atoms. The lowest BCUT2D eigenvalue weighted by Crippen LogP contribution is -2.21. The maximum Gasteiger partial charge on any atom is 0.274 e. The van der Waals surface area contributed by atoms with Crippen molar-refractivity contribution in [3.63, 3.8) is 0 Å². The number of hydrogen-bond acceptors (Lipinski definition) is 1. The maximum atomic E-state index is 15.7. The number of aryl methyl sites for hydroxylation is 1. The van der Waals surface area contributed by atoms with Gasteiger partial charge in [-0.1, -0.05) is 55.8 Å². The lowest BCUT2D eigenvalue weighted by Gasteiger charge is -2.19. The van der Waals surface area contributed by atoms with E-state index in [2.05, 4.69) is 19.1 Å². The van der Waals surface area contributed by atoms with E-state index < -0.39 is 28.9 Å². The average molecular weight is 410 g/mol. The Morgan fingerprint density at radius 3 is 2.20 bits per heavy atom. The van der Waals surface area contributed by atoms with Gasteiger partial charge in [-0.2, -0.15) is 0 Å². The summed E-state index contributed by atoms with van der Waals surface area (Å²) in [6.45, 7) is 2.13. The number of fused-ring (bicyclic) bond motifs is 3. The van der Waals surface area contributed by atoms with Crippen LogP contribution >= 0.6 is 0 Å². The van der Waals surface area contributed by atoms with Gasteiger partial charge in [-0.05, 0) is 52.9 Å². The van der Waals surface area contributed by atoms with Crippen LogP contribution in [0, 0.1) is 17.5 Å². The average Bonchev–Trinajstić information content (AvgIpc) is 3.40. The summed E-state index contributed by atoms with van der Waals surface area (Å²) in [5, 5.41) is 0. The molecule has 5 heteroatoms. The molecule has 1 heterocycles. The minimum Gasteiger partial charge on any atom is -0.317 e. The third-order valence-corrected chi connectivity index (χ3v) is 5.87. The summed E-state index contributed by atoms with van der Waals surface area (Å²) in [5.41, 5.74) is 2.35. The molecule has 2 aliphatic rings. The van der Waals surface area contributed by atoms with Gasteiger partial charge in [0.15, 0.2) is 23.1 Å². The number of ether oxygens (including phenoxy) is 1. The zero-order valence-corrected chi connectivity index (χ0v) is 16.2. The molecule has 0 bridgehead atoms. The van der Waals surface area contributed by atoms with Gasteiger partial charge in [0.25, 0.3) is 5.85 Å². The number of epoxide rings is 1. The highest BCUT2D eigenvalue weighted by Gasteiger charge is 2.74. The number of halogens is 4. The third kappa shape index (κ3) is 2.65. The van der Waals surface area contributed by atoms with E-state index in [-0.39, 0.29) is 11.1 Å². The number of rotatable bonds is 4. The van der Waals surface area contributed by atoms with Crippen LogP contribution in [0.1, 0.15) is 35.6 Å². The fraction of sp³-hybridized carbons (Fsp3) is 0.200. The first kappa shape index (κ1) is 19.1. The van der Waals surface area contributed by atoms with Crippen LogP contribution in [0.4, 0.5) is 17.6 Å². The summed E-state index contributed by atoms with van der Waals surface area (Å²) < 4.78 is 61.8. The molecule has 0 saturated carbocycles. The van der Waals surface area contributed by atoms with Gasteiger partial charge in [0.1, 0.15) is 0 Å². The van der Waals surface area contributed by atoms with Crippen LogP contribution < -0.4 is 0 Å². The minimum atomic E-state index is -2.25. The molecule has 152 valence electrons. The lowest BCUT2D eigenvalue weighted by molar-refractivity contribution is 0.140. The van der Waals surface area contributed by atoms with Crippen molar-refractivity contribution >= 4 is 6.08 Å². The number of alkyl halides is 1. The predicted molar refractivity (Wildman–Crippen MR) is 107 cm³/mol. The molecule has 5 rings (SSSR count). The first-order valence-corrected chi connectivity index (χ1v) is 9.85. The fourth-order valence-electron chi connectivity index (χ4n) is 4.24. The Hall–Kier alpha value is -2.92. The van der Waals surface area contributed by atoms with Crippen LogP contribution in [0.3, 0.4) is 0 Å². The van der Waals surface area contributed by atoms with E-state index in [4.69, 9.17) is 4.74 Å². The molecule has 2 unspecified atom stereocenters. The summed E-state index contributed by atoms with van der Waals surface area (Å²) in [4.78, 5) is 0. The molecular formula is C25H18F4O. The smallest absolute Gasteiger partial charge is 0.274 e. The molecule has 1 aliphatic heterocycles. The van der Waals surface area contributed by atoms with E-state index in [0.717, 1.165) is 36.1 Å². The van der Waals surface area contributed by atoms with E-state index >= 15 is 4.39 Å². The van der Waals surface area contributed by atoms with E-state index in [1.807, 2.05) is 18.2 Å². The first-order valence-electron chi connectivity index (χ1n) is 9.85. The van der Waals surface area contributed by atoms with E-state index in [9.17, 15) is 13.2 Å². The van der Waals surface area contributed by atoms with Crippen molar-refractivity contribution in [2.45, 2.75) is 31.2 Å². The second kappa shape index (κ2) is 6.54. The van der Waals surface area contributed by atoms with Crippen LogP contribution in [0.25, 0.3) is 17.2 Å². The van der Waals surface area contributed by atoms with E-state index in [1.165, 1.54) is 11.6 Å². The minimum absolute atomic E-state index is 0.0983. The van der Waals surface area contributed by atoms with Crippen molar-refractivity contribution in [3.05, 3.63) is 100 Å². The Balaban J connectivity index is 1.52. The Bertz CT molecular complexity index is 1160. The Labute approximate surface area is 171 Å². The molecule has 3 aromatic rings. The molecule has 0 aromatic heterocycles. The van der Waals surface area contributed by atoms with Gasteiger partial charge < -0.3 is 4.74 Å². The molecule has 0 spiro atoms. The molecule has 2 atom stereocenters. The van der Waals surface area contributed by atoms with Crippen molar-refractivity contribution in [1.29, 1.82) is 0 Å². The molecule has 1 fully saturated rings. The Kier molecular flexibility index (Phi) is 4.16. The van der Waals surface area contributed by atoms with Crippen LogP contribution in [0.15, 0.2) is 60.7 Å². The van der Waals surface area contributed by atoms with Crippen molar-refractivity contribution in [2.75, 3.05) is 0 Å². The Morgan fingerprint density at radius 2 is 1.53 bits per heavy atom. The summed E-state index contributed by atoms with van der Waals surface area (Å²) >= 11 is 0. The molecule has 0 radical (unpaired) electrons. The lowest BCUT2D eigenvalue weighted by atomic mass is 9.82. The van der Waals surface area contributed by atoms with Crippen molar-refractivity contribution in [2.24, 2.45) is 0 Å². The second-order valence-corrected chi connectivity index (χ2v) is 7.77. The zero-order valence-electron chi connectivity index (χ0n) is 16.2. The molecular weight excluding hydrogens is 392 g/mol. The van der Waals surface area contributed by atoms with Gasteiger partial charge in [0.2, 0.25) is 0 Å². The second-order valence-electron chi connectivity index (χ2n) is 7.77. The molecule has 1 nitrogen and oxygen atoms in total. The monoisotopic (exact) mass is 410 g/mol. The maximum absolute atomic E-state index is 15.7. The van der Waals surface area contributed by atoms with Gasteiger partial charge in [-0.3, -0.25) is 0 Å². The summed E-state index contributed by atoms with van der Waals surface area (Å²) in [6.07, 6.45) is 5.20. The molecule has 0 amide bonds. The van der Waals surface area contributed by atoms with Crippen molar-refractivity contribution in [1.82, 2.24) is 0 Å². The molecule has 1 aliphatic carbocycles. The zero-order chi connectivity index (χ0) is 21.1. The number of hydrogen-bond donors (Lipinski definition) is 0. The van der Waals surface area contributed by atoms with Crippen molar-refractivity contribution in [3.8, 4) is 11.1 Å². The summed E-state index contributed by atoms with van der Waals surface area (Å²) in [5.74, 6) is -6.59. The van der Waals surface area contributed by atoms with Crippen LogP contribution in [0.5, 0.6) is 0 Å². The van der Waals surface area contributed by atoms with Crippen LogP contribution in [-0.4, -0.2) is 0 Å². The summed E-state index contributed by atoms with van der Waals surface area (Å²) in [7, 11) is 0. The Morgan fingerprint density at radius 1 is 0.867 bits per heavy atom. The SMILES string of the molecule is CCCc1ccc(-c2ccc3c(c2)C=CC2(c4cc(F)c(F)c(F)c4)OC32F)cc1. The molecule has 3 aromatic carbocycles. The topological polar surface area (TPSA) is 12.5 Å². The van der Waals surface area contributed by atoms with Gasteiger partial charge in [0, 0.05) is 11.1 Å². The van der Waals surface area contributed by atoms with Gasteiger partial charge >= 0.3 is 0 Å². The summed E-state index contributed by atoms with van der Waals surface area (Å²) in [6, 6.07) is 15.1. The quantitative estimate of drug-likeness (QED) is 0.262. The standard InChI is InChI=1S/C25H18F4O/c1-2-3-15-4-6-16(7-5-15)17-8-9-20-18(12-17)10-11-24(25(20,29)30-24)19-13-21(26)23(28)22(27)14-19/h4-14H,2-3H2,1H3. The molecule has 0 N–H and O–H groups in total. The predicted octanol–water partition coefficient (Wildman–Crippen LogP) is 6.80. The molecule has 1 saturated heterocycles. The van der Waals surface area contributed by atoms with Crippen LogP contribution in [0.2, 0.25) is 0 Å². The van der Waals surface area contributed by atoms with Crippen LogP contribution in [-0.2, 0) is 22.6 Å². The van der Waals surface area contributed by atoms with Gasteiger partial charge in [-0.25, -0.2) is 17.6 Å². The largest absolute Gasteiger partial charge is 0.317 e. The van der Waals surface area contributed by atoms with Crippen molar-refractivity contribution < 1.29 is 22.3 Å². The van der Waals surface area contributed by atoms with Gasteiger partial charge in [-0.15, -0.1) is 0 Å².